The quantitative estimate of drug-likeness (QED) is 0.532. The maximum absolute atomic E-state index is 4.44. The lowest BCUT2D eigenvalue weighted by Gasteiger charge is -2.42. The average Bonchev–Trinajstić information content (AvgIpc) is 2.35. The molecule has 0 aromatic carbocycles. The molecule has 0 spiro atoms. The Balaban J connectivity index is 4.70. The highest BCUT2D eigenvalue weighted by Crippen LogP contribution is 2.43. The van der Waals surface area contributed by atoms with E-state index in [0.29, 0.717) is 5.41 Å². The van der Waals surface area contributed by atoms with Crippen LogP contribution in [0.3, 0.4) is 0 Å². The van der Waals surface area contributed by atoms with E-state index in [1.165, 1.54) is 19.3 Å². The Morgan fingerprint density at radius 1 is 1.00 bits per heavy atom. The summed E-state index contributed by atoms with van der Waals surface area (Å²) in [5.74, 6) is 4.25. The van der Waals surface area contributed by atoms with Crippen LogP contribution in [-0.2, 0) is 0 Å². The zero-order valence-electron chi connectivity index (χ0n) is 13.1. The Labute approximate surface area is 115 Å². The molecule has 0 fully saturated rings. The smallest absolute Gasteiger partial charge is 0.00926 e. The molecule has 0 N–H and O–H groups in total. The third-order valence-corrected chi connectivity index (χ3v) is 5.97. The Morgan fingerprint density at radius 2 is 1.53 bits per heavy atom. The first-order chi connectivity index (χ1) is 7.83. The second kappa shape index (κ2) is 7.71. The van der Waals surface area contributed by atoms with Crippen LogP contribution >= 0.6 is 12.6 Å². The second-order valence-electron chi connectivity index (χ2n) is 6.37. The van der Waals surface area contributed by atoms with Crippen molar-refractivity contribution in [3.63, 3.8) is 0 Å². The van der Waals surface area contributed by atoms with Gasteiger partial charge in [-0.15, -0.1) is 0 Å². The highest BCUT2D eigenvalue weighted by Gasteiger charge is 2.35. The van der Waals surface area contributed by atoms with E-state index in [1.54, 1.807) is 0 Å². The fourth-order valence-corrected chi connectivity index (χ4v) is 3.47. The van der Waals surface area contributed by atoms with Gasteiger partial charge in [0.2, 0.25) is 0 Å². The summed E-state index contributed by atoms with van der Waals surface area (Å²) in [6.45, 7) is 16.8. The second-order valence-corrected chi connectivity index (χ2v) is 6.82. The van der Waals surface area contributed by atoms with E-state index in [0.717, 1.165) is 29.4 Å². The number of thiol groups is 1. The van der Waals surface area contributed by atoms with E-state index >= 15 is 0 Å². The SMILES string of the molecule is CCC(C)C(C)C(C)C(C)C(C)(CC)CCS. The molecule has 0 rings (SSSR count). The average molecular weight is 259 g/mol. The molecule has 0 aromatic rings. The predicted octanol–water partition coefficient (Wildman–Crippen LogP) is 5.68. The van der Waals surface area contributed by atoms with E-state index in [2.05, 4.69) is 61.1 Å². The van der Waals surface area contributed by atoms with Gasteiger partial charge in [0.05, 0.1) is 0 Å². The van der Waals surface area contributed by atoms with Gasteiger partial charge in [-0.2, -0.15) is 12.6 Å². The van der Waals surface area contributed by atoms with Gasteiger partial charge in [-0.25, -0.2) is 0 Å². The molecule has 0 saturated carbocycles. The van der Waals surface area contributed by atoms with Crippen LogP contribution < -0.4 is 0 Å². The molecule has 5 unspecified atom stereocenters. The first kappa shape index (κ1) is 17.4. The van der Waals surface area contributed by atoms with Crippen molar-refractivity contribution in [2.75, 3.05) is 5.75 Å². The van der Waals surface area contributed by atoms with Gasteiger partial charge in [0.15, 0.2) is 0 Å². The van der Waals surface area contributed by atoms with Crippen molar-refractivity contribution in [2.45, 2.75) is 67.7 Å². The van der Waals surface area contributed by atoms with Gasteiger partial charge in [0, 0.05) is 0 Å². The van der Waals surface area contributed by atoms with Crippen LogP contribution in [0.4, 0.5) is 0 Å². The van der Waals surface area contributed by atoms with E-state index in [1.807, 2.05) is 0 Å². The van der Waals surface area contributed by atoms with Crippen molar-refractivity contribution in [3.8, 4) is 0 Å². The highest BCUT2D eigenvalue weighted by molar-refractivity contribution is 7.80. The summed E-state index contributed by atoms with van der Waals surface area (Å²) in [4.78, 5) is 0. The minimum Gasteiger partial charge on any atom is -0.179 e. The van der Waals surface area contributed by atoms with Gasteiger partial charge >= 0.3 is 0 Å². The molecule has 0 nitrogen and oxygen atoms in total. The van der Waals surface area contributed by atoms with Gasteiger partial charge in [-0.3, -0.25) is 0 Å². The molecular formula is C16H34S. The Morgan fingerprint density at radius 3 is 1.88 bits per heavy atom. The first-order valence-corrected chi connectivity index (χ1v) is 8.08. The van der Waals surface area contributed by atoms with Crippen LogP contribution in [-0.4, -0.2) is 5.75 Å². The molecular weight excluding hydrogens is 224 g/mol. The standard InChI is InChI=1S/C16H34S/c1-8-12(3)13(4)14(5)15(6)16(7,9-2)10-11-17/h12-15,17H,8-11H2,1-7H3. The fraction of sp³-hybridized carbons (Fsp3) is 1.00. The van der Waals surface area contributed by atoms with Crippen LogP contribution in [0, 0.1) is 29.1 Å². The summed E-state index contributed by atoms with van der Waals surface area (Å²) < 4.78 is 0. The fourth-order valence-electron chi connectivity index (χ4n) is 2.96. The van der Waals surface area contributed by atoms with Crippen LogP contribution in [0.15, 0.2) is 0 Å². The van der Waals surface area contributed by atoms with Crippen molar-refractivity contribution in [3.05, 3.63) is 0 Å². The van der Waals surface area contributed by atoms with Gasteiger partial charge in [-0.1, -0.05) is 61.3 Å². The zero-order valence-corrected chi connectivity index (χ0v) is 14.0. The van der Waals surface area contributed by atoms with Gasteiger partial charge in [0.1, 0.15) is 0 Å². The molecule has 5 atom stereocenters. The zero-order chi connectivity index (χ0) is 13.6. The lowest BCUT2D eigenvalue weighted by Crippen LogP contribution is -2.34. The normalized spacial score (nSPS) is 22.6. The molecule has 0 aliphatic heterocycles. The molecule has 0 heterocycles. The van der Waals surface area contributed by atoms with Crippen molar-refractivity contribution in [1.82, 2.24) is 0 Å². The third-order valence-electron chi connectivity index (χ3n) is 5.75. The summed E-state index contributed by atoms with van der Waals surface area (Å²) in [7, 11) is 0. The van der Waals surface area contributed by atoms with Gasteiger partial charge < -0.3 is 0 Å². The molecule has 0 bridgehead atoms. The monoisotopic (exact) mass is 258 g/mol. The molecule has 0 aliphatic rings. The molecule has 17 heavy (non-hydrogen) atoms. The highest BCUT2D eigenvalue weighted by atomic mass is 32.1. The maximum atomic E-state index is 4.44. The van der Waals surface area contributed by atoms with Gasteiger partial charge in [0.25, 0.3) is 0 Å². The maximum Gasteiger partial charge on any atom is -0.00926 e. The molecule has 0 aromatic heterocycles. The van der Waals surface area contributed by atoms with E-state index in [4.69, 9.17) is 0 Å². The number of hydrogen-bond donors (Lipinski definition) is 1. The van der Waals surface area contributed by atoms with E-state index in [-0.39, 0.29) is 0 Å². The summed E-state index contributed by atoms with van der Waals surface area (Å²) in [6, 6.07) is 0. The molecule has 0 radical (unpaired) electrons. The van der Waals surface area contributed by atoms with Crippen molar-refractivity contribution < 1.29 is 0 Å². The van der Waals surface area contributed by atoms with Crippen LogP contribution in [0.2, 0.25) is 0 Å². The molecule has 0 aliphatic carbocycles. The van der Waals surface area contributed by atoms with Crippen LogP contribution in [0.25, 0.3) is 0 Å². The summed E-state index contributed by atoms with van der Waals surface area (Å²) in [5, 5.41) is 0. The number of hydrogen-bond acceptors (Lipinski definition) is 1. The molecule has 0 amide bonds. The Bertz CT molecular complexity index is 202. The third kappa shape index (κ3) is 4.50. The van der Waals surface area contributed by atoms with Crippen molar-refractivity contribution >= 4 is 12.6 Å². The lowest BCUT2D eigenvalue weighted by molar-refractivity contribution is 0.0833. The van der Waals surface area contributed by atoms with Crippen LogP contribution in [0.1, 0.15) is 67.7 Å². The van der Waals surface area contributed by atoms with Crippen molar-refractivity contribution in [2.24, 2.45) is 29.1 Å². The summed E-state index contributed by atoms with van der Waals surface area (Å²) >= 11 is 4.44. The molecule has 1 heteroatoms. The summed E-state index contributed by atoms with van der Waals surface area (Å²) in [6.07, 6.45) is 3.81. The summed E-state index contributed by atoms with van der Waals surface area (Å²) in [5.41, 5.74) is 0.461. The van der Waals surface area contributed by atoms with Crippen molar-refractivity contribution in [1.29, 1.82) is 0 Å². The minimum atomic E-state index is 0.461. The lowest BCUT2D eigenvalue weighted by atomic mass is 9.64. The van der Waals surface area contributed by atoms with Gasteiger partial charge in [-0.05, 0) is 41.3 Å². The predicted molar refractivity (Wildman–Crippen MR) is 83.8 cm³/mol. The number of rotatable bonds is 8. The van der Waals surface area contributed by atoms with E-state index < -0.39 is 0 Å². The minimum absolute atomic E-state index is 0.461. The molecule has 0 saturated heterocycles. The van der Waals surface area contributed by atoms with E-state index in [9.17, 15) is 0 Å². The Hall–Kier alpha value is 0.350. The molecule has 104 valence electrons. The topological polar surface area (TPSA) is 0 Å². The largest absolute Gasteiger partial charge is 0.179 e. The Kier molecular flexibility index (Phi) is 7.87. The first-order valence-electron chi connectivity index (χ1n) is 7.44. The van der Waals surface area contributed by atoms with Crippen LogP contribution in [0.5, 0.6) is 0 Å².